The highest BCUT2D eigenvalue weighted by Crippen LogP contribution is 2.22. The minimum Gasteiger partial charge on any atom is -0.396 e. The summed E-state index contributed by atoms with van der Waals surface area (Å²) in [6.45, 7) is 4.37. The largest absolute Gasteiger partial charge is 0.396 e. The average molecular weight is 227 g/mol. The molecule has 0 aliphatic heterocycles. The van der Waals surface area contributed by atoms with Gasteiger partial charge in [-0.15, -0.1) is 0 Å². The van der Waals surface area contributed by atoms with Crippen molar-refractivity contribution in [1.82, 2.24) is 4.98 Å². The molecule has 2 aromatic rings. The van der Waals surface area contributed by atoms with Gasteiger partial charge in [-0.2, -0.15) is 0 Å². The second kappa shape index (κ2) is 5.11. The van der Waals surface area contributed by atoms with E-state index in [-0.39, 0.29) is 6.61 Å². The molecule has 0 spiro atoms. The number of rotatable bonds is 3. The van der Waals surface area contributed by atoms with E-state index in [1.807, 2.05) is 18.3 Å². The Bertz CT molecular complexity index is 503. The predicted molar refractivity (Wildman–Crippen MR) is 69.9 cm³/mol. The Kier molecular flexibility index (Phi) is 3.55. The second-order valence-corrected chi connectivity index (χ2v) is 4.34. The maximum atomic E-state index is 8.85. The number of aryl methyl sites for hydroxylation is 2. The Hall–Kier alpha value is -1.67. The highest BCUT2D eigenvalue weighted by Gasteiger charge is 2.03. The molecule has 1 aromatic carbocycles. The third-order valence-corrected chi connectivity index (χ3v) is 2.88. The molecule has 0 aliphatic carbocycles. The number of aromatic nitrogens is 1. The number of hydrogen-bond donors (Lipinski definition) is 1. The van der Waals surface area contributed by atoms with Crippen LogP contribution in [0.5, 0.6) is 0 Å². The number of pyridine rings is 1. The van der Waals surface area contributed by atoms with Gasteiger partial charge in [-0.05, 0) is 37.5 Å². The van der Waals surface area contributed by atoms with Crippen LogP contribution in [0.25, 0.3) is 11.3 Å². The smallest absolute Gasteiger partial charge is 0.0704 e. The van der Waals surface area contributed by atoms with Crippen LogP contribution >= 0.6 is 0 Å². The first-order valence-corrected chi connectivity index (χ1v) is 5.84. The standard InChI is InChI=1S/C15H17NO/c1-11-3-5-14(12(2)9-11)15-6-4-13(7-8-17)10-16-15/h3-6,9-10,17H,7-8H2,1-2H3. The number of nitrogens with zero attached hydrogens (tertiary/aromatic N) is 1. The summed E-state index contributed by atoms with van der Waals surface area (Å²) in [4.78, 5) is 4.45. The first-order chi connectivity index (χ1) is 8.20. The molecule has 0 radical (unpaired) electrons. The summed E-state index contributed by atoms with van der Waals surface area (Å²) in [5.74, 6) is 0. The zero-order valence-corrected chi connectivity index (χ0v) is 10.3. The fourth-order valence-corrected chi connectivity index (χ4v) is 1.96. The lowest BCUT2D eigenvalue weighted by molar-refractivity contribution is 0.299. The molecule has 0 saturated heterocycles. The van der Waals surface area contributed by atoms with Crippen LogP contribution in [-0.4, -0.2) is 16.7 Å². The van der Waals surface area contributed by atoms with Crippen LogP contribution in [0.3, 0.4) is 0 Å². The van der Waals surface area contributed by atoms with E-state index in [1.54, 1.807) is 0 Å². The molecular weight excluding hydrogens is 210 g/mol. The fourth-order valence-electron chi connectivity index (χ4n) is 1.96. The Labute approximate surface area is 102 Å². The molecule has 2 heteroatoms. The Morgan fingerprint density at radius 2 is 1.94 bits per heavy atom. The quantitative estimate of drug-likeness (QED) is 0.874. The van der Waals surface area contributed by atoms with E-state index >= 15 is 0 Å². The van der Waals surface area contributed by atoms with Gasteiger partial charge in [-0.25, -0.2) is 0 Å². The normalized spacial score (nSPS) is 10.5. The van der Waals surface area contributed by atoms with Gasteiger partial charge in [0.05, 0.1) is 5.69 Å². The summed E-state index contributed by atoms with van der Waals surface area (Å²) in [5.41, 5.74) is 5.74. The first kappa shape index (κ1) is 11.8. The number of aliphatic hydroxyl groups is 1. The minimum absolute atomic E-state index is 0.171. The molecule has 2 rings (SSSR count). The number of aliphatic hydroxyl groups excluding tert-OH is 1. The molecule has 0 bridgehead atoms. The lowest BCUT2D eigenvalue weighted by Crippen LogP contribution is -1.93. The molecule has 1 N–H and O–H groups in total. The summed E-state index contributed by atoms with van der Waals surface area (Å²) in [7, 11) is 0. The van der Waals surface area contributed by atoms with E-state index in [0.717, 1.165) is 11.3 Å². The zero-order valence-electron chi connectivity index (χ0n) is 10.3. The van der Waals surface area contributed by atoms with Gasteiger partial charge in [0.1, 0.15) is 0 Å². The van der Waals surface area contributed by atoms with Gasteiger partial charge in [0.25, 0.3) is 0 Å². The molecule has 0 fully saturated rings. The van der Waals surface area contributed by atoms with Crippen LogP contribution in [0.1, 0.15) is 16.7 Å². The molecule has 1 heterocycles. The van der Waals surface area contributed by atoms with Gasteiger partial charge < -0.3 is 5.11 Å². The molecule has 0 aliphatic rings. The SMILES string of the molecule is Cc1ccc(-c2ccc(CCO)cn2)c(C)c1. The van der Waals surface area contributed by atoms with Gasteiger partial charge >= 0.3 is 0 Å². The van der Waals surface area contributed by atoms with Crippen LogP contribution in [0, 0.1) is 13.8 Å². The summed E-state index contributed by atoms with van der Waals surface area (Å²) in [6.07, 6.45) is 2.50. The van der Waals surface area contributed by atoms with E-state index in [0.29, 0.717) is 6.42 Å². The van der Waals surface area contributed by atoms with Crippen LogP contribution in [0.4, 0.5) is 0 Å². The van der Waals surface area contributed by atoms with Crippen LogP contribution in [0.15, 0.2) is 36.5 Å². The highest BCUT2D eigenvalue weighted by atomic mass is 16.2. The van der Waals surface area contributed by atoms with Crippen molar-refractivity contribution in [2.75, 3.05) is 6.61 Å². The summed E-state index contributed by atoms with van der Waals surface area (Å²) in [6, 6.07) is 10.4. The second-order valence-electron chi connectivity index (χ2n) is 4.34. The van der Waals surface area contributed by atoms with Crippen LogP contribution < -0.4 is 0 Å². The third-order valence-electron chi connectivity index (χ3n) is 2.88. The van der Waals surface area contributed by atoms with Gasteiger partial charge in [-0.1, -0.05) is 29.8 Å². The van der Waals surface area contributed by atoms with Crippen molar-refractivity contribution in [1.29, 1.82) is 0 Å². The van der Waals surface area contributed by atoms with Crippen molar-refractivity contribution >= 4 is 0 Å². The number of benzene rings is 1. The average Bonchev–Trinajstić information content (AvgIpc) is 2.31. The van der Waals surface area contributed by atoms with E-state index < -0.39 is 0 Å². The van der Waals surface area contributed by atoms with Crippen molar-refractivity contribution in [3.05, 3.63) is 53.2 Å². The molecule has 0 atom stereocenters. The van der Waals surface area contributed by atoms with Crippen LogP contribution in [0.2, 0.25) is 0 Å². The van der Waals surface area contributed by atoms with Crippen LogP contribution in [-0.2, 0) is 6.42 Å². The van der Waals surface area contributed by atoms with Gasteiger partial charge in [0.2, 0.25) is 0 Å². The Morgan fingerprint density at radius 3 is 2.53 bits per heavy atom. The molecule has 0 amide bonds. The molecule has 1 aromatic heterocycles. The maximum absolute atomic E-state index is 8.85. The Balaban J connectivity index is 2.33. The van der Waals surface area contributed by atoms with E-state index in [4.69, 9.17) is 5.11 Å². The predicted octanol–water partition coefficient (Wildman–Crippen LogP) is 2.90. The van der Waals surface area contributed by atoms with E-state index in [1.165, 1.54) is 16.7 Å². The van der Waals surface area contributed by atoms with Gasteiger partial charge in [-0.3, -0.25) is 4.98 Å². The van der Waals surface area contributed by atoms with E-state index in [2.05, 4.69) is 37.0 Å². The van der Waals surface area contributed by atoms with E-state index in [9.17, 15) is 0 Å². The molecule has 0 saturated carbocycles. The molecule has 0 unspecified atom stereocenters. The van der Waals surface area contributed by atoms with Crippen molar-refractivity contribution in [2.24, 2.45) is 0 Å². The third kappa shape index (κ3) is 2.71. The lowest BCUT2D eigenvalue weighted by Gasteiger charge is -2.07. The lowest BCUT2D eigenvalue weighted by atomic mass is 10.0. The van der Waals surface area contributed by atoms with Crippen molar-refractivity contribution in [2.45, 2.75) is 20.3 Å². The van der Waals surface area contributed by atoms with Gasteiger partial charge in [0, 0.05) is 18.4 Å². The molecule has 88 valence electrons. The molecular formula is C15H17NO. The van der Waals surface area contributed by atoms with Crippen molar-refractivity contribution in [3.63, 3.8) is 0 Å². The minimum atomic E-state index is 0.171. The number of hydrogen-bond acceptors (Lipinski definition) is 2. The van der Waals surface area contributed by atoms with Gasteiger partial charge in [0.15, 0.2) is 0 Å². The Morgan fingerprint density at radius 1 is 1.12 bits per heavy atom. The fraction of sp³-hybridized carbons (Fsp3) is 0.267. The first-order valence-electron chi connectivity index (χ1n) is 5.84. The van der Waals surface area contributed by atoms with Crippen molar-refractivity contribution < 1.29 is 5.11 Å². The highest BCUT2D eigenvalue weighted by molar-refractivity contribution is 5.63. The summed E-state index contributed by atoms with van der Waals surface area (Å²) >= 11 is 0. The molecule has 17 heavy (non-hydrogen) atoms. The zero-order chi connectivity index (χ0) is 12.3. The monoisotopic (exact) mass is 227 g/mol. The van der Waals surface area contributed by atoms with Crippen molar-refractivity contribution in [3.8, 4) is 11.3 Å². The molecule has 2 nitrogen and oxygen atoms in total. The summed E-state index contributed by atoms with van der Waals surface area (Å²) in [5, 5.41) is 8.85. The topological polar surface area (TPSA) is 33.1 Å². The maximum Gasteiger partial charge on any atom is 0.0704 e. The summed E-state index contributed by atoms with van der Waals surface area (Å²) < 4.78 is 0.